The Bertz CT molecular complexity index is 3940. The summed E-state index contributed by atoms with van der Waals surface area (Å²) >= 11 is 0. The first-order valence-electron chi connectivity index (χ1n) is 28.3. The number of para-hydroxylation sites is 1. The van der Waals surface area contributed by atoms with Gasteiger partial charge in [0.05, 0.1) is 65.4 Å². The second-order valence-corrected chi connectivity index (χ2v) is 29.3. The number of carbonyl (C=O) groups is 1. The second-order valence-electron chi connectivity index (χ2n) is 23.5. The number of anilines is 2. The van der Waals surface area contributed by atoms with Gasteiger partial charge in [0.1, 0.15) is 30.4 Å². The molecule has 4 heterocycles. The SMILES string of the molecule is CC[N+]1=C(/C=C/C=C/C=C2/N(CCCCCC(=O)NCC#Cc3cc([N+](=O)[O-])c([C@@H](OCc4cn([C@H]5C[C@@H](O)[C@@H](COP(=O)(O)OP(=O)(O)OP(=O)(O)O)O5)c(=O)nc4N)C(C)(C)C)cc3OC)c3ccccc3C2(C)C)C(C)(C)c2cc(S(=O)(=O)O)ccc21. The van der Waals surface area contributed by atoms with Gasteiger partial charge in [0, 0.05) is 71.7 Å². The maximum Gasteiger partial charge on any atom is 0.490 e. The maximum atomic E-state index is 13.1. The lowest BCUT2D eigenvalue weighted by molar-refractivity contribution is -0.433. The molecule has 1 amide bonds. The molecule has 90 heavy (non-hydrogen) atoms. The third-order valence-corrected chi connectivity index (χ3v) is 20.0. The molecule has 9 N–H and O–H groups in total. The Morgan fingerprint density at radius 2 is 1.71 bits per heavy atom. The standard InChI is InChI=1S/C58H74N7O21P3S/c1-10-62-44-27-26-39(90(78,79)80)31-42(44)58(7,8)49(62)23-13-11-14-24-50-57(5,6)41-21-16-17-22-43(41)63(50)29-18-12-15-25-51(67)60-28-19-20-37-30-45(65(69)70)40(32-47(37)81-9)53(56(2,3)4)82-35-38-34-64(55(68)61-54(38)59)52-33-46(66)48(84-52)36-83-88(74,75)86-89(76,77)85-87(71,72)73/h11,13-14,16-17,21-24,26-27,30-32,34,46,48,52-53,66H,10,12,15,18,25,28-29,33,35-36H2,1-9H3,(H7-,59,60,61,67,68,71,72,73,74,75,76,77,78,79,80)/p+1/t46-,48-,52-,53-/m1/s1. The Labute approximate surface area is 520 Å². The number of aliphatic hydroxyl groups excluding tert-OH is 1. The summed E-state index contributed by atoms with van der Waals surface area (Å²) in [7, 11) is -20.1. The van der Waals surface area contributed by atoms with E-state index in [1.165, 1.54) is 37.1 Å². The zero-order valence-corrected chi connectivity index (χ0v) is 54.4. The normalized spacial score (nSPS) is 20.2. The number of hydrogen-bond acceptors (Lipinski definition) is 19. The number of nitro groups is 1. The van der Waals surface area contributed by atoms with Crippen LogP contribution in [0.4, 0.5) is 22.9 Å². The fourth-order valence-corrected chi connectivity index (χ4v) is 14.6. The van der Waals surface area contributed by atoms with Crippen molar-refractivity contribution in [2.24, 2.45) is 5.41 Å². The lowest BCUT2D eigenvalue weighted by Gasteiger charge is -2.31. The summed E-state index contributed by atoms with van der Waals surface area (Å²) in [6.45, 7) is 15.7. The first kappa shape index (κ1) is 70.9. The number of nitrogen functional groups attached to an aromatic ring is 1. The van der Waals surface area contributed by atoms with Crippen LogP contribution in [0.25, 0.3) is 0 Å². The molecule has 3 aliphatic rings. The Kier molecular flexibility index (Phi) is 22.2. The van der Waals surface area contributed by atoms with Gasteiger partial charge in [0.25, 0.3) is 15.8 Å². The van der Waals surface area contributed by atoms with E-state index in [4.69, 9.17) is 29.7 Å². The molecule has 1 saturated heterocycles. The number of fused-ring (bicyclic) bond motifs is 2. The number of phosphoric acid groups is 3. The van der Waals surface area contributed by atoms with Crippen molar-refractivity contribution >= 4 is 68.1 Å². The predicted octanol–water partition coefficient (Wildman–Crippen LogP) is 8.20. The Morgan fingerprint density at radius 1 is 1.00 bits per heavy atom. The van der Waals surface area contributed by atoms with E-state index in [1.54, 1.807) is 32.9 Å². The Hall–Kier alpha value is -6.54. The number of allylic oxidation sites excluding steroid dienone is 6. The first-order valence-corrected chi connectivity index (χ1v) is 34.3. The van der Waals surface area contributed by atoms with Crippen molar-refractivity contribution in [3.63, 3.8) is 0 Å². The molecule has 3 aliphatic heterocycles. The van der Waals surface area contributed by atoms with Crippen LogP contribution in [0.5, 0.6) is 5.75 Å². The number of amides is 1. The van der Waals surface area contributed by atoms with Crippen molar-refractivity contribution in [2.75, 3.05) is 44.0 Å². The van der Waals surface area contributed by atoms with Gasteiger partial charge in [-0.2, -0.15) is 26.6 Å². The fraction of sp³-hybridized carbons (Fsp3) is 0.448. The number of nitrogens with two attached hydrogens (primary N) is 1. The quantitative estimate of drug-likeness (QED) is 0.00429. The van der Waals surface area contributed by atoms with Crippen molar-refractivity contribution in [1.29, 1.82) is 0 Å². The molecular weight excluding hydrogens is 1260 g/mol. The fourth-order valence-electron chi connectivity index (χ4n) is 11.0. The van der Waals surface area contributed by atoms with Crippen LogP contribution in [0, 0.1) is 27.4 Å². The van der Waals surface area contributed by atoms with Gasteiger partial charge in [0.2, 0.25) is 11.6 Å². The van der Waals surface area contributed by atoms with Gasteiger partial charge >= 0.3 is 29.2 Å². The highest BCUT2D eigenvalue weighted by Gasteiger charge is 2.46. The molecule has 6 atom stereocenters. The van der Waals surface area contributed by atoms with Crippen LogP contribution in [0.15, 0.2) is 107 Å². The van der Waals surface area contributed by atoms with Crippen molar-refractivity contribution in [2.45, 2.75) is 134 Å². The molecule has 0 aliphatic carbocycles. The van der Waals surface area contributed by atoms with E-state index in [-0.39, 0.29) is 76.2 Å². The second kappa shape index (κ2) is 28.1. The van der Waals surface area contributed by atoms with Crippen LogP contribution in [-0.4, -0.2) is 114 Å². The number of methoxy groups -OCH3 is 1. The van der Waals surface area contributed by atoms with Crippen LogP contribution < -0.4 is 26.4 Å². The van der Waals surface area contributed by atoms with Crippen LogP contribution in [0.3, 0.4) is 0 Å². The molecule has 0 radical (unpaired) electrons. The molecule has 1 aromatic heterocycles. The number of nitrogens with zero attached hydrogens (tertiary/aromatic N) is 5. The minimum Gasteiger partial charge on any atom is -0.495 e. The number of nitrogens with one attached hydrogen (secondary N) is 1. The van der Waals surface area contributed by atoms with Gasteiger partial charge in [-0.05, 0) is 74.9 Å². The third kappa shape index (κ3) is 17.1. The summed E-state index contributed by atoms with van der Waals surface area (Å²) in [5, 5.41) is 26.2. The van der Waals surface area contributed by atoms with E-state index in [9.17, 15) is 61.3 Å². The van der Waals surface area contributed by atoms with Crippen molar-refractivity contribution in [1.82, 2.24) is 14.9 Å². The molecule has 4 aromatic rings. The summed E-state index contributed by atoms with van der Waals surface area (Å²) in [6.07, 6.45) is 8.04. The van der Waals surface area contributed by atoms with Crippen molar-refractivity contribution in [3.05, 3.63) is 145 Å². The molecule has 7 rings (SSSR count). The number of phosphoric ester groups is 1. The van der Waals surface area contributed by atoms with Gasteiger partial charge in [-0.15, -0.1) is 0 Å². The minimum atomic E-state index is -5.83. The molecule has 0 spiro atoms. The van der Waals surface area contributed by atoms with Crippen LogP contribution in [0.2, 0.25) is 0 Å². The monoisotopic (exact) mass is 1330 g/mol. The number of nitro benzene ring substituents is 1. The molecular formula is C58H75N7O21P3S+. The summed E-state index contributed by atoms with van der Waals surface area (Å²) in [4.78, 5) is 81.1. The number of hydrogen-bond donors (Lipinski definition) is 8. The van der Waals surface area contributed by atoms with Gasteiger partial charge in [-0.3, -0.25) is 28.6 Å². The number of ether oxygens (including phenoxy) is 3. The highest BCUT2D eigenvalue weighted by Crippen LogP contribution is 2.66. The highest BCUT2D eigenvalue weighted by molar-refractivity contribution is 7.85. The van der Waals surface area contributed by atoms with Crippen LogP contribution in [0.1, 0.15) is 128 Å². The van der Waals surface area contributed by atoms with Crippen LogP contribution >= 0.6 is 23.5 Å². The number of unbranched alkanes of at least 4 members (excludes halogenated alkanes) is 2. The average molecular weight is 1330 g/mol. The van der Waals surface area contributed by atoms with E-state index >= 15 is 0 Å². The molecule has 1 fully saturated rings. The zero-order valence-electron chi connectivity index (χ0n) is 50.9. The number of benzene rings is 3. The molecule has 32 heteroatoms. The van der Waals surface area contributed by atoms with Crippen molar-refractivity contribution < 1.29 is 93.0 Å². The Morgan fingerprint density at radius 3 is 2.37 bits per heavy atom. The highest BCUT2D eigenvalue weighted by atomic mass is 32.2. The van der Waals surface area contributed by atoms with E-state index in [2.05, 4.69) is 76.8 Å². The van der Waals surface area contributed by atoms with Crippen molar-refractivity contribution in [3.8, 4) is 17.6 Å². The molecule has 0 saturated carbocycles. The van der Waals surface area contributed by atoms with E-state index in [0.717, 1.165) is 45.8 Å². The average Bonchev–Trinajstić information content (AvgIpc) is 1.74. The minimum absolute atomic E-state index is 0.0631. The maximum absolute atomic E-state index is 13.1. The van der Waals surface area contributed by atoms with Crippen LogP contribution in [-0.2, 0) is 68.7 Å². The van der Waals surface area contributed by atoms with E-state index in [0.29, 0.717) is 19.5 Å². The summed E-state index contributed by atoms with van der Waals surface area (Å²) in [6, 6.07) is 15.7. The largest absolute Gasteiger partial charge is 0.495 e. The Balaban J connectivity index is 0.943. The van der Waals surface area contributed by atoms with Gasteiger partial charge < -0.3 is 54.8 Å². The lowest BCUT2D eigenvalue weighted by Crippen LogP contribution is -2.30. The predicted molar refractivity (Wildman–Crippen MR) is 330 cm³/mol. The van der Waals surface area contributed by atoms with Gasteiger partial charge in [-0.1, -0.05) is 89.3 Å². The number of aromatic nitrogens is 2. The van der Waals surface area contributed by atoms with E-state index in [1.807, 2.05) is 57.2 Å². The topological polar surface area (TPSA) is 402 Å². The van der Waals surface area contributed by atoms with E-state index < -0.39 is 86.2 Å². The summed E-state index contributed by atoms with van der Waals surface area (Å²) < 4.78 is 101. The number of aliphatic hydroxyl groups is 1. The molecule has 488 valence electrons. The number of rotatable bonds is 26. The van der Waals surface area contributed by atoms with Gasteiger partial charge in [-0.25, -0.2) is 18.5 Å². The summed E-state index contributed by atoms with van der Waals surface area (Å²) in [5.41, 5.74) is 9.60. The lowest BCUT2D eigenvalue weighted by atomic mass is 9.81. The summed E-state index contributed by atoms with van der Waals surface area (Å²) in [5.74, 6) is 5.40. The first-order chi connectivity index (χ1) is 41.9. The van der Waals surface area contributed by atoms with Gasteiger partial charge in [0.15, 0.2) is 5.71 Å². The number of carbonyl (C=O) groups excluding carboxylic acids is 1. The molecule has 0 bridgehead atoms. The molecule has 28 nitrogen and oxygen atoms in total. The molecule has 2 unspecified atom stereocenters. The third-order valence-electron chi connectivity index (χ3n) is 15.3. The molecule has 3 aromatic carbocycles. The smallest absolute Gasteiger partial charge is 0.490 e. The zero-order chi connectivity index (χ0) is 66.5.